The van der Waals surface area contributed by atoms with Crippen molar-refractivity contribution in [2.75, 3.05) is 12.0 Å². The SMILES string of the molecule is CC(CS(C)=O)NC(=O)CC(C)(C(=O)O)c1ccccc1. The number of carbonyl (C=O) groups is 2. The van der Waals surface area contributed by atoms with Gasteiger partial charge in [0.25, 0.3) is 0 Å². The van der Waals surface area contributed by atoms with Crippen molar-refractivity contribution >= 4 is 22.7 Å². The minimum absolute atomic E-state index is 0.160. The second kappa shape index (κ2) is 7.36. The van der Waals surface area contributed by atoms with Gasteiger partial charge in [-0.05, 0) is 19.4 Å². The molecule has 0 saturated heterocycles. The van der Waals surface area contributed by atoms with E-state index in [1.807, 2.05) is 0 Å². The van der Waals surface area contributed by atoms with Crippen LogP contribution in [0.2, 0.25) is 0 Å². The number of aliphatic carboxylic acids is 1. The second-order valence-electron chi connectivity index (χ2n) is 5.39. The second-order valence-corrected chi connectivity index (χ2v) is 6.87. The van der Waals surface area contributed by atoms with Crippen LogP contribution in [-0.2, 0) is 25.8 Å². The first kappa shape index (κ1) is 17.4. The van der Waals surface area contributed by atoms with Gasteiger partial charge in [0.1, 0.15) is 0 Å². The Morgan fingerprint density at radius 1 is 1.33 bits per heavy atom. The van der Waals surface area contributed by atoms with E-state index >= 15 is 0 Å². The number of rotatable bonds is 7. The van der Waals surface area contributed by atoms with E-state index in [9.17, 15) is 18.9 Å². The summed E-state index contributed by atoms with van der Waals surface area (Å²) in [6.07, 6.45) is 1.40. The maximum atomic E-state index is 12.1. The van der Waals surface area contributed by atoms with Gasteiger partial charge in [0, 0.05) is 35.3 Å². The Labute approximate surface area is 127 Å². The normalized spacial score (nSPS) is 16.5. The number of carboxylic acid groups (broad SMARTS) is 1. The van der Waals surface area contributed by atoms with Crippen LogP contribution < -0.4 is 5.32 Å². The molecule has 5 nitrogen and oxygen atoms in total. The molecule has 0 spiro atoms. The number of benzene rings is 1. The molecule has 21 heavy (non-hydrogen) atoms. The van der Waals surface area contributed by atoms with E-state index in [0.717, 1.165) is 0 Å². The van der Waals surface area contributed by atoms with Crippen molar-refractivity contribution < 1.29 is 18.9 Å². The molecular weight excluding hydrogens is 290 g/mol. The average molecular weight is 311 g/mol. The number of hydrogen-bond donors (Lipinski definition) is 2. The summed E-state index contributed by atoms with van der Waals surface area (Å²) in [7, 11) is -1.01. The molecule has 1 rings (SSSR count). The first-order valence-electron chi connectivity index (χ1n) is 6.64. The lowest BCUT2D eigenvalue weighted by Gasteiger charge is -2.25. The molecule has 116 valence electrons. The Bertz CT molecular complexity index is 532. The maximum absolute atomic E-state index is 12.1. The minimum Gasteiger partial charge on any atom is -0.481 e. The van der Waals surface area contributed by atoms with Crippen LogP contribution in [0.3, 0.4) is 0 Å². The summed E-state index contributed by atoms with van der Waals surface area (Å²) in [5.74, 6) is -1.06. The zero-order chi connectivity index (χ0) is 16.0. The molecule has 3 unspecified atom stereocenters. The molecule has 0 fully saturated rings. The smallest absolute Gasteiger partial charge is 0.314 e. The molecule has 0 heterocycles. The summed E-state index contributed by atoms with van der Waals surface area (Å²) >= 11 is 0. The molecule has 2 N–H and O–H groups in total. The summed E-state index contributed by atoms with van der Waals surface area (Å²) in [5, 5.41) is 12.2. The number of carboxylic acids is 1. The van der Waals surface area contributed by atoms with Crippen LogP contribution in [0.5, 0.6) is 0 Å². The molecule has 0 aromatic heterocycles. The van der Waals surface area contributed by atoms with E-state index in [1.54, 1.807) is 43.5 Å². The van der Waals surface area contributed by atoms with Gasteiger partial charge < -0.3 is 10.4 Å². The fourth-order valence-electron chi connectivity index (χ4n) is 2.15. The van der Waals surface area contributed by atoms with Crippen LogP contribution in [0, 0.1) is 0 Å². The van der Waals surface area contributed by atoms with Crippen molar-refractivity contribution in [3.05, 3.63) is 35.9 Å². The zero-order valence-corrected chi connectivity index (χ0v) is 13.3. The molecule has 1 aromatic carbocycles. The Hall–Kier alpha value is -1.69. The number of amides is 1. The van der Waals surface area contributed by atoms with Crippen molar-refractivity contribution in [1.29, 1.82) is 0 Å². The Balaban J connectivity index is 2.82. The molecule has 0 bridgehead atoms. The van der Waals surface area contributed by atoms with E-state index < -0.39 is 22.2 Å². The molecule has 3 atom stereocenters. The van der Waals surface area contributed by atoms with Crippen molar-refractivity contribution in [3.8, 4) is 0 Å². The fourth-order valence-corrected chi connectivity index (χ4v) is 2.94. The van der Waals surface area contributed by atoms with Gasteiger partial charge in [-0.25, -0.2) is 0 Å². The molecular formula is C15H21NO4S. The summed E-state index contributed by atoms with van der Waals surface area (Å²) < 4.78 is 11.1. The van der Waals surface area contributed by atoms with Gasteiger partial charge in [0.15, 0.2) is 0 Å². The molecule has 0 radical (unpaired) electrons. The summed E-state index contributed by atoms with van der Waals surface area (Å²) in [5.41, 5.74) is -0.699. The highest BCUT2D eigenvalue weighted by Gasteiger charge is 2.37. The maximum Gasteiger partial charge on any atom is 0.314 e. The van der Waals surface area contributed by atoms with Crippen LogP contribution in [0.1, 0.15) is 25.8 Å². The lowest BCUT2D eigenvalue weighted by molar-refractivity contribution is -0.145. The van der Waals surface area contributed by atoms with Gasteiger partial charge in [-0.2, -0.15) is 0 Å². The highest BCUT2D eigenvalue weighted by molar-refractivity contribution is 7.84. The van der Waals surface area contributed by atoms with E-state index in [1.165, 1.54) is 6.92 Å². The quantitative estimate of drug-likeness (QED) is 0.795. The monoisotopic (exact) mass is 311 g/mol. The van der Waals surface area contributed by atoms with Crippen LogP contribution in [-0.4, -0.2) is 39.2 Å². The zero-order valence-electron chi connectivity index (χ0n) is 12.5. The Morgan fingerprint density at radius 3 is 2.38 bits per heavy atom. The Morgan fingerprint density at radius 2 is 1.90 bits per heavy atom. The van der Waals surface area contributed by atoms with Gasteiger partial charge in [0.2, 0.25) is 5.91 Å². The van der Waals surface area contributed by atoms with Gasteiger partial charge in [-0.1, -0.05) is 30.3 Å². The number of carbonyl (C=O) groups excluding carboxylic acids is 1. The fraction of sp³-hybridized carbons (Fsp3) is 0.467. The minimum atomic E-state index is -1.28. The first-order chi connectivity index (χ1) is 9.75. The van der Waals surface area contributed by atoms with Crippen molar-refractivity contribution in [3.63, 3.8) is 0 Å². The Kier molecular flexibility index (Phi) is 6.08. The van der Waals surface area contributed by atoms with Crippen LogP contribution in [0.25, 0.3) is 0 Å². The lowest BCUT2D eigenvalue weighted by Crippen LogP contribution is -2.42. The summed E-state index contributed by atoms with van der Waals surface area (Å²) in [4.78, 5) is 23.6. The van der Waals surface area contributed by atoms with Gasteiger partial charge in [0.05, 0.1) is 5.41 Å². The van der Waals surface area contributed by atoms with Gasteiger partial charge >= 0.3 is 5.97 Å². The molecule has 0 aliphatic rings. The third kappa shape index (κ3) is 4.97. The number of hydrogen-bond acceptors (Lipinski definition) is 3. The largest absolute Gasteiger partial charge is 0.481 e. The van der Waals surface area contributed by atoms with Gasteiger partial charge in [-0.3, -0.25) is 13.8 Å². The van der Waals surface area contributed by atoms with E-state index in [-0.39, 0.29) is 18.4 Å². The van der Waals surface area contributed by atoms with Crippen molar-refractivity contribution in [2.45, 2.75) is 31.7 Å². The van der Waals surface area contributed by atoms with E-state index in [0.29, 0.717) is 11.3 Å². The van der Waals surface area contributed by atoms with Crippen molar-refractivity contribution in [2.24, 2.45) is 0 Å². The molecule has 0 aliphatic heterocycles. The van der Waals surface area contributed by atoms with E-state index in [2.05, 4.69) is 5.32 Å². The molecule has 6 heteroatoms. The topological polar surface area (TPSA) is 83.5 Å². The lowest BCUT2D eigenvalue weighted by atomic mass is 9.79. The molecule has 0 aliphatic carbocycles. The molecule has 0 saturated carbocycles. The standard InChI is InChI=1S/C15H21NO4S/c1-11(10-21(3)20)16-13(17)9-15(2,14(18)19)12-7-5-4-6-8-12/h4-8,11H,9-10H2,1-3H3,(H,16,17)(H,18,19). The first-order valence-corrected chi connectivity index (χ1v) is 8.36. The van der Waals surface area contributed by atoms with E-state index in [4.69, 9.17) is 0 Å². The molecule has 1 amide bonds. The average Bonchev–Trinajstić information content (AvgIpc) is 2.37. The van der Waals surface area contributed by atoms with Gasteiger partial charge in [-0.15, -0.1) is 0 Å². The third-order valence-corrected chi connectivity index (χ3v) is 4.26. The summed E-state index contributed by atoms with van der Waals surface area (Å²) in [6.45, 7) is 3.28. The molecule has 1 aromatic rings. The highest BCUT2D eigenvalue weighted by Crippen LogP contribution is 2.28. The van der Waals surface area contributed by atoms with Crippen molar-refractivity contribution in [1.82, 2.24) is 5.32 Å². The highest BCUT2D eigenvalue weighted by atomic mass is 32.2. The van der Waals surface area contributed by atoms with Crippen LogP contribution in [0.15, 0.2) is 30.3 Å². The predicted molar refractivity (Wildman–Crippen MR) is 82.6 cm³/mol. The predicted octanol–water partition coefficient (Wildman–Crippen LogP) is 1.30. The van der Waals surface area contributed by atoms with Crippen LogP contribution >= 0.6 is 0 Å². The summed E-state index contributed by atoms with van der Waals surface area (Å²) in [6, 6.07) is 8.44. The third-order valence-electron chi connectivity index (χ3n) is 3.29. The number of nitrogens with one attached hydrogen (secondary N) is 1. The van der Waals surface area contributed by atoms with Crippen LogP contribution in [0.4, 0.5) is 0 Å².